The minimum Gasteiger partial charge on any atom is -0.496 e. The molecule has 102 valence electrons. The third kappa shape index (κ3) is 2.84. The van der Waals surface area contributed by atoms with Gasteiger partial charge in [-0.25, -0.2) is 0 Å². The van der Waals surface area contributed by atoms with E-state index in [9.17, 15) is 10.2 Å². The number of methoxy groups -OCH3 is 3. The Morgan fingerprint density at radius 2 is 1.44 bits per heavy atom. The topological polar surface area (TPSA) is 88.4 Å². The number of benzene rings is 1. The third-order valence-electron chi connectivity index (χ3n) is 2.61. The van der Waals surface area contributed by atoms with Crippen molar-refractivity contribution in [2.24, 2.45) is 0 Å². The summed E-state index contributed by atoms with van der Waals surface area (Å²) in [7, 11) is 4.38. The molecule has 0 aromatic heterocycles. The van der Waals surface area contributed by atoms with Crippen molar-refractivity contribution in [2.45, 2.75) is 12.2 Å². The Balaban J connectivity index is 3.24. The van der Waals surface area contributed by atoms with Gasteiger partial charge in [-0.3, -0.25) is 0 Å². The lowest BCUT2D eigenvalue weighted by atomic mass is 10.0. The van der Waals surface area contributed by atoms with Crippen LogP contribution in [0.3, 0.4) is 0 Å². The van der Waals surface area contributed by atoms with Gasteiger partial charge in [0.25, 0.3) is 0 Å². The zero-order chi connectivity index (χ0) is 13.7. The minimum absolute atomic E-state index is 0.316. The van der Waals surface area contributed by atoms with Crippen molar-refractivity contribution < 1.29 is 29.5 Å². The van der Waals surface area contributed by atoms with Crippen LogP contribution in [0.4, 0.5) is 0 Å². The highest BCUT2D eigenvalue weighted by Gasteiger charge is 2.23. The van der Waals surface area contributed by atoms with Crippen LogP contribution in [-0.4, -0.2) is 49.4 Å². The summed E-state index contributed by atoms with van der Waals surface area (Å²) in [6.07, 6.45) is -2.57. The molecular weight excluding hydrogens is 240 g/mol. The summed E-state index contributed by atoms with van der Waals surface area (Å²) in [4.78, 5) is 0. The maximum atomic E-state index is 9.90. The zero-order valence-corrected chi connectivity index (χ0v) is 10.6. The molecule has 0 aliphatic rings. The second-order valence-electron chi connectivity index (χ2n) is 3.64. The monoisotopic (exact) mass is 258 g/mol. The summed E-state index contributed by atoms with van der Waals surface area (Å²) in [6.45, 7) is -0.557. The smallest absolute Gasteiger partial charge is 0.164 e. The van der Waals surface area contributed by atoms with E-state index in [2.05, 4.69) is 0 Å². The van der Waals surface area contributed by atoms with E-state index in [1.807, 2.05) is 0 Å². The molecular formula is C12H18O6. The molecule has 0 saturated heterocycles. The fourth-order valence-electron chi connectivity index (χ4n) is 1.59. The minimum atomic E-state index is -1.29. The standard InChI is InChI=1S/C12H18O6/c1-16-9-5-11(18-3)10(17-2)4-7(9)12(15)8(14)6-13/h4-5,8,12-15H,6H2,1-3H3. The van der Waals surface area contributed by atoms with Gasteiger partial charge in [-0.15, -0.1) is 0 Å². The van der Waals surface area contributed by atoms with E-state index in [1.54, 1.807) is 6.07 Å². The molecule has 1 rings (SSSR count). The summed E-state index contributed by atoms with van der Waals surface area (Å²) in [5.41, 5.74) is 0.316. The van der Waals surface area contributed by atoms with Crippen LogP contribution in [0, 0.1) is 0 Å². The largest absolute Gasteiger partial charge is 0.496 e. The molecule has 0 bridgehead atoms. The van der Waals surface area contributed by atoms with Crippen molar-refractivity contribution >= 4 is 0 Å². The van der Waals surface area contributed by atoms with Gasteiger partial charge in [0.2, 0.25) is 0 Å². The number of rotatable bonds is 6. The van der Waals surface area contributed by atoms with Crippen LogP contribution in [0.25, 0.3) is 0 Å². The van der Waals surface area contributed by atoms with Crippen LogP contribution in [0.5, 0.6) is 17.2 Å². The molecule has 0 saturated carbocycles. The second kappa shape index (κ2) is 6.44. The normalized spacial score (nSPS) is 13.9. The van der Waals surface area contributed by atoms with E-state index in [0.717, 1.165) is 0 Å². The van der Waals surface area contributed by atoms with Crippen LogP contribution < -0.4 is 14.2 Å². The Morgan fingerprint density at radius 3 is 1.89 bits per heavy atom. The van der Waals surface area contributed by atoms with Gasteiger partial charge in [0, 0.05) is 11.6 Å². The molecule has 2 unspecified atom stereocenters. The molecule has 0 aliphatic carbocycles. The summed E-state index contributed by atoms with van der Waals surface area (Å²) >= 11 is 0. The predicted molar refractivity (Wildman–Crippen MR) is 64.2 cm³/mol. The molecule has 1 aromatic carbocycles. The highest BCUT2D eigenvalue weighted by molar-refractivity contribution is 5.51. The van der Waals surface area contributed by atoms with E-state index in [0.29, 0.717) is 22.8 Å². The quantitative estimate of drug-likeness (QED) is 0.670. The van der Waals surface area contributed by atoms with Gasteiger partial charge in [0.15, 0.2) is 11.5 Å². The molecule has 6 heteroatoms. The van der Waals surface area contributed by atoms with E-state index in [4.69, 9.17) is 19.3 Å². The van der Waals surface area contributed by atoms with E-state index in [-0.39, 0.29) is 0 Å². The van der Waals surface area contributed by atoms with Gasteiger partial charge < -0.3 is 29.5 Å². The van der Waals surface area contributed by atoms with Gasteiger partial charge in [-0.2, -0.15) is 0 Å². The molecule has 0 fully saturated rings. The Labute approximate surface area is 105 Å². The van der Waals surface area contributed by atoms with Gasteiger partial charge in [0.05, 0.1) is 27.9 Å². The summed E-state index contributed by atoms with van der Waals surface area (Å²) in [6, 6.07) is 3.04. The fourth-order valence-corrected chi connectivity index (χ4v) is 1.59. The maximum absolute atomic E-state index is 9.90. The molecule has 18 heavy (non-hydrogen) atoms. The third-order valence-corrected chi connectivity index (χ3v) is 2.61. The Hall–Kier alpha value is -1.50. The lowest BCUT2D eigenvalue weighted by molar-refractivity contribution is -0.0163. The van der Waals surface area contributed by atoms with Crippen molar-refractivity contribution in [3.8, 4) is 17.2 Å². The van der Waals surface area contributed by atoms with Crippen molar-refractivity contribution in [3.63, 3.8) is 0 Å². The van der Waals surface area contributed by atoms with Gasteiger partial charge in [0.1, 0.15) is 18.0 Å². The molecule has 0 spiro atoms. The zero-order valence-electron chi connectivity index (χ0n) is 10.6. The Kier molecular flexibility index (Phi) is 5.21. The average molecular weight is 258 g/mol. The lowest BCUT2D eigenvalue weighted by Gasteiger charge is -2.20. The Bertz CT molecular complexity index is 392. The van der Waals surface area contributed by atoms with Crippen molar-refractivity contribution in [1.29, 1.82) is 0 Å². The summed E-state index contributed by atoms with van der Waals surface area (Å²) < 4.78 is 15.3. The molecule has 0 aliphatic heterocycles. The lowest BCUT2D eigenvalue weighted by Crippen LogP contribution is -2.22. The number of aliphatic hydroxyl groups is 3. The number of ether oxygens (including phenoxy) is 3. The van der Waals surface area contributed by atoms with Crippen LogP contribution in [0.1, 0.15) is 11.7 Å². The van der Waals surface area contributed by atoms with Crippen LogP contribution >= 0.6 is 0 Å². The molecule has 3 N–H and O–H groups in total. The van der Waals surface area contributed by atoms with Crippen LogP contribution in [0.15, 0.2) is 12.1 Å². The van der Waals surface area contributed by atoms with Gasteiger partial charge in [-0.05, 0) is 6.07 Å². The number of aliphatic hydroxyl groups excluding tert-OH is 3. The van der Waals surface area contributed by atoms with Crippen molar-refractivity contribution in [2.75, 3.05) is 27.9 Å². The number of hydrogen-bond donors (Lipinski definition) is 3. The van der Waals surface area contributed by atoms with E-state index < -0.39 is 18.8 Å². The maximum Gasteiger partial charge on any atom is 0.164 e. The van der Waals surface area contributed by atoms with Gasteiger partial charge in [-0.1, -0.05) is 0 Å². The highest BCUT2D eigenvalue weighted by atomic mass is 16.5. The predicted octanol–water partition coefficient (Wildman–Crippen LogP) is 0.0990. The van der Waals surface area contributed by atoms with Crippen LogP contribution in [-0.2, 0) is 0 Å². The summed E-state index contributed by atoms with van der Waals surface area (Å²) in [5.74, 6) is 1.19. The molecule has 2 atom stereocenters. The first-order valence-electron chi connectivity index (χ1n) is 5.35. The first-order valence-corrected chi connectivity index (χ1v) is 5.35. The van der Waals surface area contributed by atoms with E-state index >= 15 is 0 Å². The highest BCUT2D eigenvalue weighted by Crippen LogP contribution is 2.38. The first kappa shape index (κ1) is 14.6. The van der Waals surface area contributed by atoms with Crippen molar-refractivity contribution in [1.82, 2.24) is 0 Å². The average Bonchev–Trinajstić information content (AvgIpc) is 2.43. The molecule has 6 nitrogen and oxygen atoms in total. The second-order valence-corrected chi connectivity index (χ2v) is 3.64. The molecule has 0 amide bonds. The summed E-state index contributed by atoms with van der Waals surface area (Å²) in [5, 5.41) is 28.2. The SMILES string of the molecule is COc1cc(OC)c(C(O)C(O)CO)cc1OC. The molecule has 0 heterocycles. The molecule has 1 aromatic rings. The van der Waals surface area contributed by atoms with E-state index in [1.165, 1.54) is 27.4 Å². The van der Waals surface area contributed by atoms with Crippen LogP contribution in [0.2, 0.25) is 0 Å². The molecule has 0 radical (unpaired) electrons. The number of hydrogen-bond acceptors (Lipinski definition) is 6. The van der Waals surface area contributed by atoms with Gasteiger partial charge >= 0.3 is 0 Å². The van der Waals surface area contributed by atoms with Crippen molar-refractivity contribution in [3.05, 3.63) is 17.7 Å². The first-order chi connectivity index (χ1) is 8.58. The Morgan fingerprint density at radius 1 is 0.944 bits per heavy atom. The fraction of sp³-hybridized carbons (Fsp3) is 0.500.